The van der Waals surface area contributed by atoms with E-state index in [1.165, 1.54) is 0 Å². The van der Waals surface area contributed by atoms with Crippen LogP contribution in [0.1, 0.15) is 21.5 Å². The monoisotopic (exact) mass is 303 g/mol. The number of benzene rings is 2. The maximum atomic E-state index is 12.3. The van der Waals surface area contributed by atoms with Gasteiger partial charge in [0.05, 0.1) is 0 Å². The molecule has 4 N–H and O–H groups in total. The van der Waals surface area contributed by atoms with E-state index in [2.05, 4.69) is 10.6 Å². The van der Waals surface area contributed by atoms with E-state index in [-0.39, 0.29) is 5.91 Å². The van der Waals surface area contributed by atoms with Crippen molar-refractivity contribution in [3.05, 3.63) is 64.2 Å². The summed E-state index contributed by atoms with van der Waals surface area (Å²) in [6, 6.07) is 12.8. The van der Waals surface area contributed by atoms with Crippen molar-refractivity contribution in [3.63, 3.8) is 0 Å². The summed E-state index contributed by atoms with van der Waals surface area (Å²) in [5.74, 6) is -0.191. The minimum atomic E-state index is -0.191. The quantitative estimate of drug-likeness (QED) is 0.795. The first-order chi connectivity index (χ1) is 10.1. The minimum Gasteiger partial charge on any atom is -0.326 e. The number of anilines is 1. The van der Waals surface area contributed by atoms with E-state index in [0.29, 0.717) is 23.7 Å². The normalized spacial score (nSPS) is 10.4. The predicted molar refractivity (Wildman–Crippen MR) is 86.5 cm³/mol. The van der Waals surface area contributed by atoms with Crippen molar-refractivity contribution in [2.45, 2.75) is 13.1 Å². The van der Waals surface area contributed by atoms with Gasteiger partial charge in [-0.15, -0.1) is 0 Å². The summed E-state index contributed by atoms with van der Waals surface area (Å²) < 4.78 is 0. The first-order valence-corrected chi connectivity index (χ1v) is 7.04. The molecule has 0 spiro atoms. The summed E-state index contributed by atoms with van der Waals surface area (Å²) in [5, 5.41) is 6.44. The molecule has 4 nitrogen and oxygen atoms in total. The number of hydrogen-bond donors (Lipinski definition) is 3. The van der Waals surface area contributed by atoms with E-state index in [4.69, 9.17) is 17.3 Å². The molecule has 0 aromatic heterocycles. The van der Waals surface area contributed by atoms with Gasteiger partial charge in [-0.05, 0) is 48.5 Å². The summed E-state index contributed by atoms with van der Waals surface area (Å²) in [6.45, 7) is 1.09. The number of halogens is 1. The van der Waals surface area contributed by atoms with Crippen LogP contribution in [0.2, 0.25) is 5.02 Å². The third-order valence-electron chi connectivity index (χ3n) is 3.02. The van der Waals surface area contributed by atoms with Crippen molar-refractivity contribution in [2.75, 3.05) is 12.4 Å². The van der Waals surface area contributed by atoms with E-state index in [9.17, 15) is 4.79 Å². The molecule has 0 aliphatic heterocycles. The van der Waals surface area contributed by atoms with Crippen LogP contribution < -0.4 is 16.4 Å². The Morgan fingerprint density at radius 3 is 2.71 bits per heavy atom. The van der Waals surface area contributed by atoms with Gasteiger partial charge >= 0.3 is 0 Å². The number of rotatable bonds is 5. The highest BCUT2D eigenvalue weighted by Gasteiger charge is 2.09. The van der Waals surface area contributed by atoms with Crippen molar-refractivity contribution < 1.29 is 4.79 Å². The molecule has 21 heavy (non-hydrogen) atoms. The summed E-state index contributed by atoms with van der Waals surface area (Å²) in [6.07, 6.45) is 0. The molecule has 0 saturated carbocycles. The molecule has 1 amide bonds. The van der Waals surface area contributed by atoms with E-state index in [1.807, 2.05) is 43.4 Å². The highest BCUT2D eigenvalue weighted by Crippen LogP contribution is 2.17. The average Bonchev–Trinajstić information content (AvgIpc) is 2.47. The SMILES string of the molecule is CNCc1cc(Cl)cc(C(=O)Nc2cccc(CN)c2)c1. The van der Waals surface area contributed by atoms with Crippen molar-refractivity contribution in [3.8, 4) is 0 Å². The summed E-state index contributed by atoms with van der Waals surface area (Å²) >= 11 is 6.06. The molecular weight excluding hydrogens is 286 g/mol. The van der Waals surface area contributed by atoms with Crippen LogP contribution >= 0.6 is 11.6 Å². The zero-order valence-corrected chi connectivity index (χ0v) is 12.6. The third kappa shape index (κ3) is 4.29. The number of nitrogens with two attached hydrogens (primary N) is 1. The van der Waals surface area contributed by atoms with Gasteiger partial charge in [0.2, 0.25) is 0 Å². The van der Waals surface area contributed by atoms with Crippen LogP contribution in [0.3, 0.4) is 0 Å². The molecule has 0 radical (unpaired) electrons. The molecule has 0 aliphatic rings. The Morgan fingerprint density at radius 1 is 1.19 bits per heavy atom. The zero-order chi connectivity index (χ0) is 15.2. The van der Waals surface area contributed by atoms with Crippen LogP contribution in [0.4, 0.5) is 5.69 Å². The van der Waals surface area contributed by atoms with Gasteiger partial charge in [-0.2, -0.15) is 0 Å². The van der Waals surface area contributed by atoms with E-state index >= 15 is 0 Å². The molecule has 0 unspecified atom stereocenters. The fourth-order valence-electron chi connectivity index (χ4n) is 2.07. The maximum absolute atomic E-state index is 12.3. The Bertz CT molecular complexity index is 643. The fourth-order valence-corrected chi connectivity index (χ4v) is 2.32. The minimum absolute atomic E-state index is 0.191. The van der Waals surface area contributed by atoms with Gasteiger partial charge in [-0.1, -0.05) is 23.7 Å². The Balaban J connectivity index is 2.19. The second kappa shape index (κ2) is 7.22. The molecule has 2 aromatic carbocycles. The highest BCUT2D eigenvalue weighted by atomic mass is 35.5. The molecule has 2 rings (SSSR count). The Morgan fingerprint density at radius 2 is 2.00 bits per heavy atom. The van der Waals surface area contributed by atoms with Crippen LogP contribution in [0.15, 0.2) is 42.5 Å². The van der Waals surface area contributed by atoms with Gasteiger partial charge in [0.15, 0.2) is 0 Å². The highest BCUT2D eigenvalue weighted by molar-refractivity contribution is 6.31. The molecule has 5 heteroatoms. The lowest BCUT2D eigenvalue weighted by Gasteiger charge is -2.09. The van der Waals surface area contributed by atoms with E-state index < -0.39 is 0 Å². The first kappa shape index (κ1) is 15.5. The lowest BCUT2D eigenvalue weighted by molar-refractivity contribution is 0.102. The number of carbonyl (C=O) groups is 1. The van der Waals surface area contributed by atoms with Gasteiger partial charge in [0.25, 0.3) is 5.91 Å². The molecule has 0 fully saturated rings. The summed E-state index contributed by atoms with van der Waals surface area (Å²) in [7, 11) is 1.85. The summed E-state index contributed by atoms with van der Waals surface area (Å²) in [4.78, 5) is 12.3. The predicted octanol–water partition coefficient (Wildman–Crippen LogP) is 2.77. The number of nitrogens with one attached hydrogen (secondary N) is 2. The molecule has 0 saturated heterocycles. The van der Waals surface area contributed by atoms with Gasteiger partial charge in [0, 0.05) is 29.4 Å². The summed E-state index contributed by atoms with van der Waals surface area (Å²) in [5.41, 5.74) is 8.78. The van der Waals surface area contributed by atoms with Crippen molar-refractivity contribution in [1.29, 1.82) is 0 Å². The standard InChI is InChI=1S/C16H18ClN3O/c1-19-10-12-5-13(8-14(17)6-12)16(21)20-15-4-2-3-11(7-15)9-18/h2-8,19H,9-10,18H2,1H3,(H,20,21). The van der Waals surface area contributed by atoms with Gasteiger partial charge in [-0.25, -0.2) is 0 Å². The largest absolute Gasteiger partial charge is 0.326 e. The van der Waals surface area contributed by atoms with Gasteiger partial charge < -0.3 is 16.4 Å². The molecule has 2 aromatic rings. The average molecular weight is 304 g/mol. The van der Waals surface area contributed by atoms with Crippen molar-refractivity contribution in [2.24, 2.45) is 5.73 Å². The van der Waals surface area contributed by atoms with Crippen molar-refractivity contribution in [1.82, 2.24) is 5.32 Å². The Hall–Kier alpha value is -1.88. The third-order valence-corrected chi connectivity index (χ3v) is 3.24. The topological polar surface area (TPSA) is 67.2 Å². The van der Waals surface area contributed by atoms with Crippen LogP contribution in [0.5, 0.6) is 0 Å². The number of hydrogen-bond acceptors (Lipinski definition) is 3. The number of amides is 1. The van der Waals surface area contributed by atoms with Gasteiger partial charge in [0.1, 0.15) is 0 Å². The van der Waals surface area contributed by atoms with E-state index in [1.54, 1.807) is 6.07 Å². The Labute approximate surface area is 129 Å². The van der Waals surface area contributed by atoms with Crippen LogP contribution in [-0.2, 0) is 13.1 Å². The zero-order valence-electron chi connectivity index (χ0n) is 11.8. The molecule has 0 bridgehead atoms. The van der Waals surface area contributed by atoms with Crippen LogP contribution in [-0.4, -0.2) is 13.0 Å². The first-order valence-electron chi connectivity index (χ1n) is 6.67. The van der Waals surface area contributed by atoms with Crippen molar-refractivity contribution >= 4 is 23.2 Å². The molecular formula is C16H18ClN3O. The van der Waals surface area contributed by atoms with Crippen LogP contribution in [0.25, 0.3) is 0 Å². The van der Waals surface area contributed by atoms with Gasteiger partial charge in [-0.3, -0.25) is 4.79 Å². The smallest absolute Gasteiger partial charge is 0.255 e. The fraction of sp³-hybridized carbons (Fsp3) is 0.188. The second-order valence-corrected chi connectivity index (χ2v) is 5.17. The lowest BCUT2D eigenvalue weighted by Crippen LogP contribution is -2.13. The number of carbonyl (C=O) groups excluding carboxylic acids is 1. The second-order valence-electron chi connectivity index (χ2n) is 4.74. The van der Waals surface area contributed by atoms with Crippen LogP contribution in [0, 0.1) is 0 Å². The molecule has 0 atom stereocenters. The van der Waals surface area contributed by atoms with E-state index in [0.717, 1.165) is 16.8 Å². The Kier molecular flexibility index (Phi) is 5.33. The molecule has 0 aliphatic carbocycles. The molecule has 110 valence electrons. The molecule has 0 heterocycles. The maximum Gasteiger partial charge on any atom is 0.255 e. The lowest BCUT2D eigenvalue weighted by atomic mass is 10.1.